The molecular weight excluding hydrogens is 348 g/mol. The molecule has 9 nitrogen and oxygen atoms in total. The van der Waals surface area contributed by atoms with E-state index >= 15 is 0 Å². The van der Waals surface area contributed by atoms with Gasteiger partial charge in [0.15, 0.2) is 15.6 Å². The Labute approximate surface area is 146 Å². The largest absolute Gasteiger partial charge is 0.384 e. The predicted octanol–water partition coefficient (Wildman–Crippen LogP) is -1.16. The summed E-state index contributed by atoms with van der Waals surface area (Å²) in [5.74, 6) is -0.552. The first-order valence-corrected chi connectivity index (χ1v) is 9.94. The second-order valence-electron chi connectivity index (χ2n) is 6.45. The van der Waals surface area contributed by atoms with E-state index in [9.17, 15) is 22.8 Å². The highest BCUT2D eigenvalue weighted by Crippen LogP contribution is 2.17. The molecule has 2 rings (SSSR count). The molecule has 0 amide bonds. The van der Waals surface area contributed by atoms with E-state index in [1.807, 2.05) is 6.92 Å². The summed E-state index contributed by atoms with van der Waals surface area (Å²) in [5.41, 5.74) is 4.42. The van der Waals surface area contributed by atoms with Gasteiger partial charge in [0.1, 0.15) is 11.4 Å². The quantitative estimate of drug-likeness (QED) is 0.625. The van der Waals surface area contributed by atoms with Crippen molar-refractivity contribution >= 4 is 21.4 Å². The van der Waals surface area contributed by atoms with Gasteiger partial charge in [-0.1, -0.05) is 6.92 Å². The summed E-state index contributed by atoms with van der Waals surface area (Å²) >= 11 is 0. The van der Waals surface area contributed by atoms with E-state index in [1.165, 1.54) is 11.6 Å². The Balaban J connectivity index is 2.33. The maximum Gasteiger partial charge on any atom is 0.332 e. The molecule has 1 fully saturated rings. The summed E-state index contributed by atoms with van der Waals surface area (Å²) in [6.07, 6.45) is 1.07. The Morgan fingerprint density at radius 3 is 2.52 bits per heavy atom. The van der Waals surface area contributed by atoms with E-state index in [4.69, 9.17) is 5.73 Å². The molecule has 140 valence electrons. The lowest BCUT2D eigenvalue weighted by Crippen LogP contribution is -2.45. The van der Waals surface area contributed by atoms with Crippen LogP contribution in [0.3, 0.4) is 0 Å². The van der Waals surface area contributed by atoms with Crippen LogP contribution in [0.2, 0.25) is 0 Å². The molecule has 0 aromatic carbocycles. The van der Waals surface area contributed by atoms with E-state index in [0.29, 0.717) is 19.4 Å². The van der Waals surface area contributed by atoms with Crippen LogP contribution in [0.15, 0.2) is 9.59 Å². The fraction of sp³-hybridized carbons (Fsp3) is 0.667. The summed E-state index contributed by atoms with van der Waals surface area (Å²) in [4.78, 5) is 38.7. The Morgan fingerprint density at radius 1 is 1.36 bits per heavy atom. The van der Waals surface area contributed by atoms with Crippen molar-refractivity contribution in [3.05, 3.63) is 26.4 Å². The van der Waals surface area contributed by atoms with Gasteiger partial charge in [-0.05, 0) is 19.9 Å². The SMILES string of the molecule is CCCn1c(N)c(C(=O)CN(C)C2CCS(=O)(=O)C2)c(=O)n(C)c1=O. The standard InChI is InChI=1S/C15H24N4O5S/c1-4-6-19-13(16)12(14(21)18(3)15(19)22)11(20)8-17(2)10-5-7-25(23,24)9-10/h10H,4-9,16H2,1-3H3. The van der Waals surface area contributed by atoms with Gasteiger partial charge in [0.05, 0.1) is 18.1 Å². The van der Waals surface area contributed by atoms with Gasteiger partial charge in [-0.2, -0.15) is 0 Å². The minimum absolute atomic E-state index is 0.000392. The maximum absolute atomic E-state index is 12.6. The van der Waals surface area contributed by atoms with E-state index in [2.05, 4.69) is 0 Å². The Morgan fingerprint density at radius 2 is 2.00 bits per heavy atom. The molecule has 0 aliphatic carbocycles. The van der Waals surface area contributed by atoms with Crippen LogP contribution in [-0.2, 0) is 23.4 Å². The summed E-state index contributed by atoms with van der Waals surface area (Å²) in [7, 11) is -0.122. The molecule has 1 aliphatic heterocycles. The monoisotopic (exact) mass is 372 g/mol. The average molecular weight is 372 g/mol. The molecule has 25 heavy (non-hydrogen) atoms. The highest BCUT2D eigenvalue weighted by Gasteiger charge is 2.32. The lowest BCUT2D eigenvalue weighted by Gasteiger charge is -2.22. The van der Waals surface area contributed by atoms with Crippen molar-refractivity contribution in [2.24, 2.45) is 7.05 Å². The van der Waals surface area contributed by atoms with Crippen LogP contribution in [0.1, 0.15) is 30.1 Å². The molecule has 2 heterocycles. The molecule has 0 spiro atoms. The summed E-state index contributed by atoms with van der Waals surface area (Å²) in [5, 5.41) is 0. The average Bonchev–Trinajstić information content (AvgIpc) is 2.90. The molecule has 0 radical (unpaired) electrons. The lowest BCUT2D eigenvalue weighted by molar-refractivity contribution is 0.0924. The van der Waals surface area contributed by atoms with Gasteiger partial charge in [0, 0.05) is 19.6 Å². The first kappa shape index (κ1) is 19.4. The molecule has 1 aliphatic rings. The van der Waals surface area contributed by atoms with Crippen molar-refractivity contribution < 1.29 is 13.2 Å². The smallest absolute Gasteiger partial charge is 0.332 e. The Hall–Kier alpha value is -1.94. The Bertz CT molecular complexity index is 900. The highest BCUT2D eigenvalue weighted by atomic mass is 32.2. The second kappa shape index (κ2) is 7.12. The van der Waals surface area contributed by atoms with Gasteiger partial charge in [0.2, 0.25) is 0 Å². The number of rotatable bonds is 6. The van der Waals surface area contributed by atoms with E-state index in [1.54, 1.807) is 11.9 Å². The van der Waals surface area contributed by atoms with Crippen LogP contribution >= 0.6 is 0 Å². The van der Waals surface area contributed by atoms with Crippen LogP contribution in [0.4, 0.5) is 5.82 Å². The molecule has 1 unspecified atom stereocenters. The molecule has 0 saturated carbocycles. The molecule has 1 aromatic heterocycles. The summed E-state index contributed by atoms with van der Waals surface area (Å²) < 4.78 is 25.3. The molecule has 2 N–H and O–H groups in total. The third-order valence-corrected chi connectivity index (χ3v) is 6.28. The number of anilines is 1. The fourth-order valence-corrected chi connectivity index (χ4v) is 4.85. The normalized spacial score (nSPS) is 19.4. The molecule has 1 saturated heterocycles. The number of nitrogen functional groups attached to an aromatic ring is 1. The van der Waals surface area contributed by atoms with Crippen LogP contribution < -0.4 is 17.0 Å². The molecular formula is C15H24N4O5S. The van der Waals surface area contributed by atoms with Crippen molar-refractivity contribution in [1.82, 2.24) is 14.0 Å². The van der Waals surface area contributed by atoms with Crippen molar-refractivity contribution in [2.75, 3.05) is 30.8 Å². The first-order valence-electron chi connectivity index (χ1n) is 8.12. The third kappa shape index (κ3) is 3.84. The van der Waals surface area contributed by atoms with Gasteiger partial charge >= 0.3 is 5.69 Å². The van der Waals surface area contributed by atoms with Gasteiger partial charge < -0.3 is 5.73 Å². The Kier molecular flexibility index (Phi) is 5.52. The number of carbonyl (C=O) groups excluding carboxylic acids is 1. The topological polar surface area (TPSA) is 124 Å². The van der Waals surface area contributed by atoms with Gasteiger partial charge in [0.25, 0.3) is 5.56 Å². The number of sulfone groups is 1. The minimum atomic E-state index is -3.07. The van der Waals surface area contributed by atoms with Crippen molar-refractivity contribution in [2.45, 2.75) is 32.4 Å². The highest BCUT2D eigenvalue weighted by molar-refractivity contribution is 7.91. The molecule has 10 heteroatoms. The number of hydrogen-bond donors (Lipinski definition) is 1. The number of Topliss-reactive ketones (excluding diaryl/α,β-unsaturated/α-hetero) is 1. The molecule has 1 atom stereocenters. The van der Waals surface area contributed by atoms with Crippen molar-refractivity contribution in [3.8, 4) is 0 Å². The molecule has 0 bridgehead atoms. The van der Waals surface area contributed by atoms with Crippen LogP contribution in [0.5, 0.6) is 0 Å². The fourth-order valence-electron chi connectivity index (χ4n) is 3.04. The summed E-state index contributed by atoms with van der Waals surface area (Å²) in [6.45, 7) is 2.02. The van der Waals surface area contributed by atoms with E-state index in [0.717, 1.165) is 4.57 Å². The van der Waals surface area contributed by atoms with Crippen molar-refractivity contribution in [1.29, 1.82) is 0 Å². The number of nitrogens with two attached hydrogens (primary N) is 1. The van der Waals surface area contributed by atoms with Crippen LogP contribution in [0, 0.1) is 0 Å². The third-order valence-electron chi connectivity index (χ3n) is 4.53. The number of ketones is 1. The second-order valence-corrected chi connectivity index (χ2v) is 8.68. The zero-order valence-corrected chi connectivity index (χ0v) is 15.5. The number of aromatic nitrogens is 2. The van der Waals surface area contributed by atoms with E-state index < -0.39 is 26.9 Å². The molecule has 1 aromatic rings. The van der Waals surface area contributed by atoms with Crippen molar-refractivity contribution in [3.63, 3.8) is 0 Å². The number of likely N-dealkylation sites (N-methyl/N-ethyl adjacent to an activating group) is 1. The van der Waals surface area contributed by atoms with Gasteiger partial charge in [-0.25, -0.2) is 13.2 Å². The number of hydrogen-bond acceptors (Lipinski definition) is 7. The zero-order chi connectivity index (χ0) is 18.9. The first-order chi connectivity index (χ1) is 11.6. The number of carbonyl (C=O) groups is 1. The minimum Gasteiger partial charge on any atom is -0.384 e. The lowest BCUT2D eigenvalue weighted by atomic mass is 10.1. The predicted molar refractivity (Wildman–Crippen MR) is 94.7 cm³/mol. The number of nitrogens with zero attached hydrogens (tertiary/aromatic N) is 3. The van der Waals surface area contributed by atoms with Gasteiger partial charge in [-0.15, -0.1) is 0 Å². The maximum atomic E-state index is 12.6. The van der Waals surface area contributed by atoms with Crippen LogP contribution in [0.25, 0.3) is 0 Å². The van der Waals surface area contributed by atoms with Gasteiger partial charge in [-0.3, -0.25) is 23.6 Å². The van der Waals surface area contributed by atoms with Crippen LogP contribution in [-0.4, -0.2) is 59.4 Å². The van der Waals surface area contributed by atoms with E-state index in [-0.39, 0.29) is 35.5 Å². The summed E-state index contributed by atoms with van der Waals surface area (Å²) in [6, 6.07) is -0.263. The zero-order valence-electron chi connectivity index (χ0n) is 14.7.